The van der Waals surface area contributed by atoms with Gasteiger partial charge >= 0.3 is 0 Å². The van der Waals surface area contributed by atoms with Gasteiger partial charge in [0.2, 0.25) is 5.13 Å². The Balaban J connectivity index is 2.32. The number of hydrogen-bond acceptors (Lipinski definition) is 5. The molecule has 2 rings (SSSR count). The number of nitrogens with zero attached hydrogens (tertiary/aromatic N) is 3. The highest BCUT2D eigenvalue weighted by Gasteiger charge is 2.07. The van der Waals surface area contributed by atoms with Crippen molar-refractivity contribution < 1.29 is 0 Å². The average molecular weight is 380 g/mol. The largest absolute Gasteiger partial charge is 0.363 e. The zero-order valence-electron chi connectivity index (χ0n) is 8.78. The van der Waals surface area contributed by atoms with Gasteiger partial charge in [0.15, 0.2) is 0 Å². The van der Waals surface area contributed by atoms with Gasteiger partial charge in [-0.3, -0.25) is 4.79 Å². The van der Waals surface area contributed by atoms with Crippen molar-refractivity contribution >= 4 is 48.3 Å². The molecule has 0 saturated carbocycles. The first-order valence-corrected chi connectivity index (χ1v) is 7.06. The lowest BCUT2D eigenvalue weighted by atomic mass is 10.4. The van der Waals surface area contributed by atoms with Crippen LogP contribution in [0.25, 0.3) is 0 Å². The molecule has 0 atom stereocenters. The van der Waals surface area contributed by atoms with Crippen molar-refractivity contribution in [1.29, 1.82) is 0 Å². The summed E-state index contributed by atoms with van der Waals surface area (Å²) in [5.74, 6) is 0. The molecule has 0 aliphatic carbocycles. The van der Waals surface area contributed by atoms with E-state index in [1.807, 2.05) is 0 Å². The summed E-state index contributed by atoms with van der Waals surface area (Å²) >= 11 is 7.99. The zero-order valence-corrected chi connectivity index (χ0v) is 12.8. The molecule has 0 aromatic carbocycles. The normalized spacial score (nSPS) is 10.5. The number of rotatable bonds is 3. The Labute approximate surface area is 118 Å². The number of pyridine rings is 1. The Hall–Kier alpha value is -0.730. The SMILES string of the molecule is CNc1nnc(Cn2cc(Br)cc(Br)c2=O)s1. The number of nitrogens with one attached hydrogen (secondary N) is 1. The third-order valence-corrected chi connectivity index (χ3v) is 3.92. The molecule has 0 aliphatic heterocycles. The fourth-order valence-corrected chi connectivity index (χ4v) is 3.20. The van der Waals surface area contributed by atoms with E-state index in [9.17, 15) is 4.79 Å². The van der Waals surface area contributed by atoms with Crippen LogP contribution in [0.1, 0.15) is 5.01 Å². The maximum absolute atomic E-state index is 11.8. The molecule has 1 N–H and O–H groups in total. The molecule has 90 valence electrons. The minimum Gasteiger partial charge on any atom is -0.363 e. The average Bonchev–Trinajstić information content (AvgIpc) is 2.73. The number of anilines is 1. The van der Waals surface area contributed by atoms with Gasteiger partial charge in [-0.25, -0.2) is 0 Å². The molecule has 0 aliphatic rings. The monoisotopic (exact) mass is 378 g/mol. The summed E-state index contributed by atoms with van der Waals surface area (Å²) in [6, 6.07) is 1.72. The zero-order chi connectivity index (χ0) is 12.4. The predicted octanol–water partition coefficient (Wildman–Crippen LogP) is 2.31. The van der Waals surface area contributed by atoms with E-state index in [4.69, 9.17) is 0 Å². The molecule has 2 aromatic rings. The van der Waals surface area contributed by atoms with Crippen LogP contribution >= 0.6 is 43.2 Å². The van der Waals surface area contributed by atoms with Crippen LogP contribution in [0.2, 0.25) is 0 Å². The van der Waals surface area contributed by atoms with Crippen LogP contribution in [0.4, 0.5) is 5.13 Å². The molecule has 8 heteroatoms. The minimum absolute atomic E-state index is 0.0885. The van der Waals surface area contributed by atoms with Gasteiger partial charge in [0, 0.05) is 17.7 Å². The Morgan fingerprint density at radius 3 is 2.88 bits per heavy atom. The number of halogens is 2. The number of hydrogen-bond donors (Lipinski definition) is 1. The van der Waals surface area contributed by atoms with Crippen molar-refractivity contribution in [2.75, 3.05) is 12.4 Å². The van der Waals surface area contributed by atoms with E-state index in [1.54, 1.807) is 23.9 Å². The Morgan fingerprint density at radius 1 is 1.47 bits per heavy atom. The minimum atomic E-state index is -0.0885. The molecule has 2 aromatic heterocycles. The topological polar surface area (TPSA) is 59.8 Å². The van der Waals surface area contributed by atoms with Crippen molar-refractivity contribution in [3.8, 4) is 0 Å². The van der Waals surface area contributed by atoms with Crippen molar-refractivity contribution in [3.63, 3.8) is 0 Å². The second kappa shape index (κ2) is 5.28. The van der Waals surface area contributed by atoms with Gasteiger partial charge in [-0.1, -0.05) is 11.3 Å². The molecule has 2 heterocycles. The second-order valence-electron chi connectivity index (χ2n) is 3.19. The first-order chi connectivity index (χ1) is 8.10. The first-order valence-electron chi connectivity index (χ1n) is 4.66. The molecule has 0 radical (unpaired) electrons. The summed E-state index contributed by atoms with van der Waals surface area (Å²) in [5, 5.41) is 12.3. The van der Waals surface area contributed by atoms with Crippen LogP contribution in [0.3, 0.4) is 0 Å². The van der Waals surface area contributed by atoms with Crippen LogP contribution in [-0.2, 0) is 6.54 Å². The summed E-state index contributed by atoms with van der Waals surface area (Å²) in [4.78, 5) is 11.8. The molecule has 0 bridgehead atoms. The summed E-state index contributed by atoms with van der Waals surface area (Å²) in [6.45, 7) is 0.413. The van der Waals surface area contributed by atoms with Crippen molar-refractivity contribution in [2.45, 2.75) is 6.54 Å². The lowest BCUT2D eigenvalue weighted by molar-refractivity contribution is 0.737. The van der Waals surface area contributed by atoms with E-state index >= 15 is 0 Å². The highest BCUT2D eigenvalue weighted by molar-refractivity contribution is 9.11. The van der Waals surface area contributed by atoms with Crippen LogP contribution in [0, 0.1) is 0 Å². The highest BCUT2D eigenvalue weighted by Crippen LogP contribution is 2.17. The first kappa shape index (κ1) is 12.7. The summed E-state index contributed by atoms with van der Waals surface area (Å²) in [5.41, 5.74) is -0.0885. The third-order valence-electron chi connectivity index (χ3n) is 2.00. The fourth-order valence-electron chi connectivity index (χ4n) is 1.25. The highest BCUT2D eigenvalue weighted by atomic mass is 79.9. The van der Waals surface area contributed by atoms with Gasteiger partial charge in [0.25, 0.3) is 5.56 Å². The molecular weight excluding hydrogens is 372 g/mol. The Kier molecular flexibility index (Phi) is 3.95. The van der Waals surface area contributed by atoms with Gasteiger partial charge in [0.1, 0.15) is 5.01 Å². The standard InChI is InChI=1S/C9H8Br2N4OS/c1-12-9-14-13-7(17-9)4-15-3-5(10)2-6(11)8(15)16/h2-3H,4H2,1H3,(H,12,14). The second-order valence-corrected chi connectivity index (χ2v) is 6.02. The molecule has 0 saturated heterocycles. The summed E-state index contributed by atoms with van der Waals surface area (Å²) in [6.07, 6.45) is 1.73. The maximum Gasteiger partial charge on any atom is 0.265 e. The molecule has 0 fully saturated rings. The fraction of sp³-hybridized carbons (Fsp3) is 0.222. The quantitative estimate of drug-likeness (QED) is 0.888. The number of aromatic nitrogens is 3. The van der Waals surface area contributed by atoms with E-state index in [0.717, 1.165) is 14.6 Å². The molecular formula is C9H8Br2N4OS. The van der Waals surface area contributed by atoms with Crippen molar-refractivity contribution in [2.24, 2.45) is 0 Å². The molecule has 0 unspecified atom stereocenters. The molecule has 17 heavy (non-hydrogen) atoms. The van der Waals surface area contributed by atoms with Gasteiger partial charge in [-0.2, -0.15) is 0 Å². The maximum atomic E-state index is 11.8. The van der Waals surface area contributed by atoms with Gasteiger partial charge < -0.3 is 9.88 Å². The predicted molar refractivity (Wildman–Crippen MR) is 74.7 cm³/mol. The van der Waals surface area contributed by atoms with Crippen LogP contribution in [-0.4, -0.2) is 21.8 Å². The molecule has 0 amide bonds. The van der Waals surface area contributed by atoms with E-state index < -0.39 is 0 Å². The van der Waals surface area contributed by atoms with E-state index in [2.05, 4.69) is 47.4 Å². The summed E-state index contributed by atoms with van der Waals surface area (Å²) < 4.78 is 2.93. The van der Waals surface area contributed by atoms with Crippen molar-refractivity contribution in [1.82, 2.24) is 14.8 Å². The van der Waals surface area contributed by atoms with E-state index in [0.29, 0.717) is 11.0 Å². The van der Waals surface area contributed by atoms with Gasteiger partial charge in [-0.15, -0.1) is 10.2 Å². The Morgan fingerprint density at radius 2 is 2.24 bits per heavy atom. The molecule has 5 nitrogen and oxygen atoms in total. The lowest BCUT2D eigenvalue weighted by Crippen LogP contribution is -2.20. The van der Waals surface area contributed by atoms with Crippen molar-refractivity contribution in [3.05, 3.63) is 36.6 Å². The summed E-state index contributed by atoms with van der Waals surface area (Å²) in [7, 11) is 1.78. The van der Waals surface area contributed by atoms with E-state index in [1.165, 1.54) is 11.3 Å². The van der Waals surface area contributed by atoms with E-state index in [-0.39, 0.29) is 5.56 Å². The Bertz CT molecular complexity index is 595. The molecule has 0 spiro atoms. The third kappa shape index (κ3) is 2.93. The van der Waals surface area contributed by atoms with Crippen LogP contribution < -0.4 is 10.9 Å². The van der Waals surface area contributed by atoms with Crippen LogP contribution in [0.15, 0.2) is 26.0 Å². The van der Waals surface area contributed by atoms with Crippen LogP contribution in [0.5, 0.6) is 0 Å². The van der Waals surface area contributed by atoms with Gasteiger partial charge in [0.05, 0.1) is 11.0 Å². The smallest absolute Gasteiger partial charge is 0.265 e. The van der Waals surface area contributed by atoms with Gasteiger partial charge in [-0.05, 0) is 37.9 Å². The lowest BCUT2D eigenvalue weighted by Gasteiger charge is -2.04.